The number of carbonyl (C=O) groups is 1. The normalized spacial score (nSPS) is 11.0. The number of alkyl halides is 1. The van der Waals surface area contributed by atoms with E-state index in [1.807, 2.05) is 6.08 Å². The number of allylic oxidation sites excluding steroid dienone is 1. The van der Waals surface area contributed by atoms with E-state index < -0.39 is 0 Å². The van der Waals surface area contributed by atoms with E-state index in [0.717, 1.165) is 37.4 Å². The molecule has 0 aromatic carbocycles. The molecular weight excluding hydrogens is 244 g/mol. The number of hydrogen-bond acceptors (Lipinski definition) is 2. The Kier molecular flexibility index (Phi) is 10.8. The first kappa shape index (κ1) is 13.8. The number of ketones is 1. The molecular formula is C11H19BrO2. The molecule has 0 heterocycles. The first-order valence-electron chi connectivity index (χ1n) is 5.14. The number of aliphatic hydroxyl groups is 1. The largest absolute Gasteiger partial charge is 0.392 e. The van der Waals surface area contributed by atoms with Crippen molar-refractivity contribution in [3.8, 4) is 0 Å². The van der Waals surface area contributed by atoms with E-state index >= 15 is 0 Å². The molecule has 0 saturated heterocycles. The van der Waals surface area contributed by atoms with E-state index in [4.69, 9.17) is 5.11 Å². The molecule has 0 aromatic heterocycles. The molecule has 0 aliphatic carbocycles. The zero-order valence-corrected chi connectivity index (χ0v) is 10.1. The maximum absolute atomic E-state index is 11.3. The molecule has 0 amide bonds. The van der Waals surface area contributed by atoms with Gasteiger partial charge in [0.2, 0.25) is 0 Å². The zero-order chi connectivity index (χ0) is 10.6. The Morgan fingerprint density at radius 1 is 1.14 bits per heavy atom. The minimum Gasteiger partial charge on any atom is -0.392 e. The van der Waals surface area contributed by atoms with Crippen molar-refractivity contribution in [3.63, 3.8) is 0 Å². The van der Waals surface area contributed by atoms with E-state index in [0.29, 0.717) is 12.2 Å². The van der Waals surface area contributed by atoms with Crippen molar-refractivity contribution < 1.29 is 9.90 Å². The molecule has 0 fully saturated rings. The summed E-state index contributed by atoms with van der Waals surface area (Å²) in [7, 11) is 0. The number of hydrogen-bond donors (Lipinski definition) is 1. The molecule has 2 nitrogen and oxygen atoms in total. The molecule has 0 bridgehead atoms. The van der Waals surface area contributed by atoms with Crippen molar-refractivity contribution in [1.82, 2.24) is 0 Å². The Hall–Kier alpha value is -0.150. The van der Waals surface area contributed by atoms with Gasteiger partial charge in [0, 0.05) is 18.2 Å². The lowest BCUT2D eigenvalue weighted by Crippen LogP contribution is -1.97. The van der Waals surface area contributed by atoms with Crippen LogP contribution < -0.4 is 0 Å². The molecule has 3 heteroatoms. The summed E-state index contributed by atoms with van der Waals surface area (Å²) >= 11 is 3.34. The number of halogens is 1. The van der Waals surface area contributed by atoms with Crippen LogP contribution in [0.3, 0.4) is 0 Å². The highest BCUT2D eigenvalue weighted by Crippen LogP contribution is 2.05. The smallest absolute Gasteiger partial charge is 0.132 e. The average Bonchev–Trinajstić information content (AvgIpc) is 2.18. The minimum absolute atomic E-state index is 0.0964. The molecule has 0 aliphatic rings. The standard InChI is InChI=1S/C11H19BrO2/c12-9-5-4-8-11(14)7-3-1-2-6-10-13/h2,6,13H,1,3-5,7-10H2/b6-2+. The van der Waals surface area contributed by atoms with Crippen LogP contribution in [0, 0.1) is 0 Å². The highest BCUT2D eigenvalue weighted by molar-refractivity contribution is 9.09. The summed E-state index contributed by atoms with van der Waals surface area (Å²) < 4.78 is 0. The summed E-state index contributed by atoms with van der Waals surface area (Å²) in [5.41, 5.74) is 0. The van der Waals surface area contributed by atoms with E-state index in [1.54, 1.807) is 6.08 Å². The molecule has 0 aromatic rings. The van der Waals surface area contributed by atoms with Crippen molar-refractivity contribution in [2.45, 2.75) is 38.5 Å². The van der Waals surface area contributed by atoms with Gasteiger partial charge in [0.1, 0.15) is 5.78 Å². The molecule has 0 spiro atoms. The van der Waals surface area contributed by atoms with E-state index in [1.165, 1.54) is 0 Å². The molecule has 0 saturated carbocycles. The summed E-state index contributed by atoms with van der Waals surface area (Å²) in [4.78, 5) is 11.3. The first-order chi connectivity index (χ1) is 6.81. The second kappa shape index (κ2) is 10.9. The van der Waals surface area contributed by atoms with Crippen molar-refractivity contribution in [3.05, 3.63) is 12.2 Å². The fourth-order valence-corrected chi connectivity index (χ4v) is 1.55. The molecule has 14 heavy (non-hydrogen) atoms. The van der Waals surface area contributed by atoms with Gasteiger partial charge in [-0.05, 0) is 25.7 Å². The lowest BCUT2D eigenvalue weighted by Gasteiger charge is -1.98. The number of Topliss-reactive ketones (excluding diaryl/α,β-unsaturated/α-hetero) is 1. The summed E-state index contributed by atoms with van der Waals surface area (Å²) in [6, 6.07) is 0. The topological polar surface area (TPSA) is 37.3 Å². The highest BCUT2D eigenvalue weighted by atomic mass is 79.9. The van der Waals surface area contributed by atoms with Gasteiger partial charge in [0.25, 0.3) is 0 Å². The summed E-state index contributed by atoms with van der Waals surface area (Å²) in [6.45, 7) is 0.0964. The Balaban J connectivity index is 3.22. The second-order valence-electron chi connectivity index (χ2n) is 3.23. The molecule has 0 radical (unpaired) electrons. The van der Waals surface area contributed by atoms with Gasteiger partial charge in [0.05, 0.1) is 6.61 Å². The predicted molar refractivity (Wildman–Crippen MR) is 62.7 cm³/mol. The van der Waals surface area contributed by atoms with Crippen molar-refractivity contribution in [1.29, 1.82) is 0 Å². The molecule has 0 unspecified atom stereocenters. The van der Waals surface area contributed by atoms with Crippen LogP contribution in [-0.2, 0) is 4.79 Å². The van der Waals surface area contributed by atoms with E-state index in [9.17, 15) is 4.79 Å². The van der Waals surface area contributed by atoms with Crippen LogP contribution in [0.1, 0.15) is 38.5 Å². The van der Waals surface area contributed by atoms with Crippen LogP contribution in [0.4, 0.5) is 0 Å². The molecule has 1 N–H and O–H groups in total. The quantitative estimate of drug-likeness (QED) is 0.394. The Morgan fingerprint density at radius 2 is 1.86 bits per heavy atom. The van der Waals surface area contributed by atoms with Crippen molar-refractivity contribution in [2.24, 2.45) is 0 Å². The molecule has 82 valence electrons. The lowest BCUT2D eigenvalue weighted by molar-refractivity contribution is -0.119. The molecule has 0 aliphatic heterocycles. The third-order valence-electron chi connectivity index (χ3n) is 1.94. The van der Waals surface area contributed by atoms with Gasteiger partial charge >= 0.3 is 0 Å². The van der Waals surface area contributed by atoms with Crippen LogP contribution in [0.2, 0.25) is 0 Å². The van der Waals surface area contributed by atoms with Gasteiger partial charge in [-0.2, -0.15) is 0 Å². The van der Waals surface area contributed by atoms with Gasteiger partial charge in [-0.15, -0.1) is 0 Å². The fraction of sp³-hybridized carbons (Fsp3) is 0.727. The Bertz CT molecular complexity index is 167. The first-order valence-corrected chi connectivity index (χ1v) is 6.27. The third kappa shape index (κ3) is 9.93. The van der Waals surface area contributed by atoms with Crippen LogP contribution in [0.5, 0.6) is 0 Å². The van der Waals surface area contributed by atoms with Crippen LogP contribution in [0.25, 0.3) is 0 Å². The summed E-state index contributed by atoms with van der Waals surface area (Å²) in [5.74, 6) is 0.364. The van der Waals surface area contributed by atoms with E-state index in [2.05, 4.69) is 15.9 Å². The zero-order valence-electron chi connectivity index (χ0n) is 8.54. The lowest BCUT2D eigenvalue weighted by atomic mass is 10.1. The van der Waals surface area contributed by atoms with Crippen LogP contribution in [0.15, 0.2) is 12.2 Å². The van der Waals surface area contributed by atoms with Crippen LogP contribution >= 0.6 is 15.9 Å². The Labute approximate surface area is 94.5 Å². The average molecular weight is 263 g/mol. The fourth-order valence-electron chi connectivity index (χ4n) is 1.15. The summed E-state index contributed by atoms with van der Waals surface area (Å²) in [6.07, 6.45) is 8.91. The van der Waals surface area contributed by atoms with Gasteiger partial charge < -0.3 is 5.11 Å². The monoisotopic (exact) mass is 262 g/mol. The second-order valence-corrected chi connectivity index (χ2v) is 4.02. The van der Waals surface area contributed by atoms with Gasteiger partial charge in [0.15, 0.2) is 0 Å². The van der Waals surface area contributed by atoms with Gasteiger partial charge in [-0.1, -0.05) is 28.1 Å². The minimum atomic E-state index is 0.0964. The third-order valence-corrected chi connectivity index (χ3v) is 2.50. The van der Waals surface area contributed by atoms with Gasteiger partial charge in [-0.3, -0.25) is 4.79 Å². The van der Waals surface area contributed by atoms with Crippen LogP contribution in [-0.4, -0.2) is 22.8 Å². The van der Waals surface area contributed by atoms with E-state index in [-0.39, 0.29) is 6.61 Å². The number of carbonyl (C=O) groups excluding carboxylic acids is 1. The summed E-state index contributed by atoms with van der Waals surface area (Å²) in [5, 5.41) is 9.45. The SMILES string of the molecule is O=C(CCC/C=C/CO)CCCCBr. The molecule has 0 rings (SSSR count). The predicted octanol–water partition coefficient (Wildman–Crippen LogP) is 2.84. The maximum Gasteiger partial charge on any atom is 0.132 e. The highest BCUT2D eigenvalue weighted by Gasteiger charge is 1.99. The number of unbranched alkanes of at least 4 members (excludes halogenated alkanes) is 2. The van der Waals surface area contributed by atoms with Crippen molar-refractivity contribution in [2.75, 3.05) is 11.9 Å². The number of rotatable bonds is 9. The molecule has 0 atom stereocenters. The Morgan fingerprint density at radius 3 is 2.50 bits per heavy atom. The maximum atomic E-state index is 11.3. The van der Waals surface area contributed by atoms with Gasteiger partial charge in [-0.25, -0.2) is 0 Å². The van der Waals surface area contributed by atoms with Crippen molar-refractivity contribution >= 4 is 21.7 Å². The number of aliphatic hydroxyl groups excluding tert-OH is 1.